The minimum atomic E-state index is -0.486. The van der Waals surface area contributed by atoms with Crippen LogP contribution in [-0.4, -0.2) is 0 Å². The van der Waals surface area contributed by atoms with Crippen molar-refractivity contribution in [3.05, 3.63) is 221 Å². The Morgan fingerprint density at radius 2 is 0.519 bits per heavy atom. The van der Waals surface area contributed by atoms with Gasteiger partial charge in [-0.2, -0.15) is 0 Å². The van der Waals surface area contributed by atoms with Crippen LogP contribution in [-0.2, 0) is 10.8 Å². The quantitative estimate of drug-likeness (QED) is 0.172. The van der Waals surface area contributed by atoms with Crippen LogP contribution in [0.15, 0.2) is 121 Å². The first-order valence-corrected chi connectivity index (χ1v) is 19.6. The molecule has 0 bridgehead atoms. The third-order valence-corrected chi connectivity index (χ3v) is 13.5. The van der Waals surface area contributed by atoms with E-state index < -0.39 is 10.8 Å². The van der Waals surface area contributed by atoms with Crippen LogP contribution in [0.25, 0.3) is 22.3 Å². The molecule has 2 aliphatic carbocycles. The van der Waals surface area contributed by atoms with E-state index in [-0.39, 0.29) is 0 Å². The monoisotopic (exact) mass is 698 g/mol. The summed E-state index contributed by atoms with van der Waals surface area (Å²) in [5.41, 5.74) is 28.3. The van der Waals surface area contributed by atoms with Crippen LogP contribution in [0.5, 0.6) is 0 Å². The normalized spacial score (nSPS) is 14.4. The van der Waals surface area contributed by atoms with E-state index in [0.29, 0.717) is 0 Å². The van der Waals surface area contributed by atoms with Gasteiger partial charge in [0.15, 0.2) is 0 Å². The van der Waals surface area contributed by atoms with E-state index in [9.17, 15) is 0 Å². The van der Waals surface area contributed by atoms with Crippen molar-refractivity contribution < 1.29 is 0 Å². The van der Waals surface area contributed by atoms with E-state index in [1.807, 2.05) is 0 Å². The molecule has 0 radical (unpaired) electrons. The van der Waals surface area contributed by atoms with Crippen molar-refractivity contribution in [2.24, 2.45) is 0 Å². The molecule has 2 aliphatic rings. The molecule has 54 heavy (non-hydrogen) atoms. The zero-order valence-corrected chi connectivity index (χ0v) is 33.5. The summed E-state index contributed by atoms with van der Waals surface area (Å²) >= 11 is 0. The molecule has 0 spiro atoms. The summed E-state index contributed by atoms with van der Waals surface area (Å²) in [4.78, 5) is 0. The number of rotatable bonds is 4. The Balaban J connectivity index is 1.48. The Morgan fingerprint density at radius 1 is 0.241 bits per heavy atom. The van der Waals surface area contributed by atoms with E-state index in [1.54, 1.807) is 0 Å². The second-order valence-electron chi connectivity index (χ2n) is 16.7. The van der Waals surface area contributed by atoms with Crippen LogP contribution in [0.2, 0.25) is 0 Å². The summed E-state index contributed by atoms with van der Waals surface area (Å²) in [6.07, 6.45) is 0. The molecule has 7 aromatic rings. The molecule has 0 amide bonds. The lowest BCUT2D eigenvalue weighted by molar-refractivity contribution is 0.754. The highest BCUT2D eigenvalue weighted by molar-refractivity contribution is 5.95. The summed E-state index contributed by atoms with van der Waals surface area (Å²) in [5, 5.41) is 0. The number of benzene rings is 7. The van der Waals surface area contributed by atoms with Gasteiger partial charge in [-0.25, -0.2) is 0 Å². The molecule has 0 heteroatoms. The van der Waals surface area contributed by atoms with Crippen LogP contribution in [0.1, 0.15) is 100 Å². The maximum Gasteiger partial charge on any atom is 0.0714 e. The average molecular weight is 699 g/mol. The van der Waals surface area contributed by atoms with Crippen molar-refractivity contribution in [1.82, 2.24) is 0 Å². The Morgan fingerprint density at radius 3 is 0.796 bits per heavy atom. The Labute approximate surface area is 322 Å². The number of aryl methyl sites for hydroxylation is 10. The fourth-order valence-electron chi connectivity index (χ4n) is 9.84. The largest absolute Gasteiger partial charge is 0.0714 e. The SMILES string of the molecule is Cc1ccc2c(c1)C(c1ccc(C)c(C)c1)(c1ccc(C)c(C)c1)c1cc3c(cc1-2)C(c1ccc(C)c(C)c1)(c1ccc(C)c(C)c1)c1cc(C)ccc1-3. The Bertz CT molecular complexity index is 2420. The van der Waals surface area contributed by atoms with Crippen molar-refractivity contribution in [1.29, 1.82) is 0 Å². The Kier molecular flexibility index (Phi) is 7.64. The summed E-state index contributed by atoms with van der Waals surface area (Å²) < 4.78 is 0. The van der Waals surface area contributed by atoms with E-state index in [0.717, 1.165) is 0 Å². The summed E-state index contributed by atoms with van der Waals surface area (Å²) in [6, 6.07) is 48.4. The van der Waals surface area contributed by atoms with Crippen LogP contribution in [0.4, 0.5) is 0 Å². The maximum atomic E-state index is 2.61. The van der Waals surface area contributed by atoms with Crippen LogP contribution in [0, 0.1) is 69.2 Å². The molecule has 7 aromatic carbocycles. The van der Waals surface area contributed by atoms with Gasteiger partial charge in [0.2, 0.25) is 0 Å². The van der Waals surface area contributed by atoms with E-state index >= 15 is 0 Å². The highest BCUT2D eigenvalue weighted by Gasteiger charge is 2.51. The molecule has 0 heterocycles. The van der Waals surface area contributed by atoms with Crippen molar-refractivity contribution in [2.75, 3.05) is 0 Å². The van der Waals surface area contributed by atoms with E-state index in [1.165, 1.54) is 122 Å². The summed E-state index contributed by atoms with van der Waals surface area (Å²) in [5.74, 6) is 0. The predicted molar refractivity (Wildman–Crippen MR) is 228 cm³/mol. The molecule has 0 saturated carbocycles. The zero-order chi connectivity index (χ0) is 37.8. The predicted octanol–water partition coefficient (Wildman–Crippen LogP) is 13.5. The summed E-state index contributed by atoms with van der Waals surface area (Å²) in [6.45, 7) is 22.5. The molecule has 0 N–H and O–H groups in total. The minimum absolute atomic E-state index is 0.486. The highest BCUT2D eigenvalue weighted by Crippen LogP contribution is 2.63. The summed E-state index contributed by atoms with van der Waals surface area (Å²) in [7, 11) is 0. The molecule has 0 aliphatic heterocycles. The topological polar surface area (TPSA) is 0 Å². The van der Waals surface area contributed by atoms with Crippen LogP contribution in [0.3, 0.4) is 0 Å². The molecular weight excluding hydrogens is 649 g/mol. The van der Waals surface area contributed by atoms with Gasteiger partial charge in [0.05, 0.1) is 10.8 Å². The fraction of sp³-hybridized carbons (Fsp3) is 0.222. The van der Waals surface area contributed by atoms with E-state index in [4.69, 9.17) is 0 Å². The fourth-order valence-corrected chi connectivity index (χ4v) is 9.84. The van der Waals surface area contributed by atoms with Crippen molar-refractivity contribution in [3.63, 3.8) is 0 Å². The van der Waals surface area contributed by atoms with Gasteiger partial charge in [-0.05, 0) is 193 Å². The van der Waals surface area contributed by atoms with Gasteiger partial charge in [-0.3, -0.25) is 0 Å². The first-order valence-electron chi connectivity index (χ1n) is 19.6. The lowest BCUT2D eigenvalue weighted by Gasteiger charge is -2.36. The number of fused-ring (bicyclic) bond motifs is 6. The van der Waals surface area contributed by atoms with Gasteiger partial charge in [0.25, 0.3) is 0 Å². The van der Waals surface area contributed by atoms with Crippen molar-refractivity contribution in [2.45, 2.75) is 80.1 Å². The van der Waals surface area contributed by atoms with Gasteiger partial charge < -0.3 is 0 Å². The lowest BCUT2D eigenvalue weighted by atomic mass is 9.65. The van der Waals surface area contributed by atoms with Gasteiger partial charge in [0, 0.05) is 0 Å². The van der Waals surface area contributed by atoms with Crippen LogP contribution < -0.4 is 0 Å². The lowest BCUT2D eigenvalue weighted by Crippen LogP contribution is -2.30. The maximum absolute atomic E-state index is 2.61. The molecule has 0 unspecified atom stereocenters. The minimum Gasteiger partial charge on any atom is -0.0587 e. The van der Waals surface area contributed by atoms with Crippen molar-refractivity contribution in [3.8, 4) is 22.3 Å². The molecular formula is C54H50. The van der Waals surface area contributed by atoms with Crippen molar-refractivity contribution >= 4 is 0 Å². The molecule has 9 rings (SSSR count). The molecule has 0 saturated heterocycles. The van der Waals surface area contributed by atoms with Gasteiger partial charge in [-0.15, -0.1) is 0 Å². The molecule has 266 valence electrons. The number of hydrogen-bond donors (Lipinski definition) is 0. The van der Waals surface area contributed by atoms with Gasteiger partial charge in [-0.1, -0.05) is 120 Å². The molecule has 0 atom stereocenters. The van der Waals surface area contributed by atoms with Gasteiger partial charge in [0.1, 0.15) is 0 Å². The molecule has 0 fully saturated rings. The second kappa shape index (κ2) is 12.0. The first-order chi connectivity index (χ1) is 25.8. The first kappa shape index (κ1) is 34.3. The third-order valence-electron chi connectivity index (χ3n) is 13.5. The highest BCUT2D eigenvalue weighted by atomic mass is 14.5. The third kappa shape index (κ3) is 4.62. The second-order valence-corrected chi connectivity index (χ2v) is 16.7. The average Bonchev–Trinajstić information content (AvgIpc) is 3.58. The van der Waals surface area contributed by atoms with Crippen LogP contribution >= 0.6 is 0 Å². The Hall–Kier alpha value is -5.46. The molecule has 0 nitrogen and oxygen atoms in total. The smallest absolute Gasteiger partial charge is 0.0587 e. The van der Waals surface area contributed by atoms with E-state index in [2.05, 4.69) is 191 Å². The zero-order valence-electron chi connectivity index (χ0n) is 33.5. The standard InChI is InChI=1S/C54H50/c1-31-11-21-45-47-29-52-48(30-51(47)53(49(45)23-31,41-17-13-33(3)37(7)25-41)42-18-14-34(4)38(8)26-42)46-22-12-32(2)24-50(46)54(52,43-19-15-35(5)39(9)27-43)44-20-16-36(6)40(10)28-44/h11-30H,1-10H3. The molecule has 0 aromatic heterocycles. The number of hydrogen-bond acceptors (Lipinski definition) is 0. The van der Waals surface area contributed by atoms with Gasteiger partial charge >= 0.3 is 0 Å².